The third-order valence-corrected chi connectivity index (χ3v) is 3.21. The topological polar surface area (TPSA) is 92.1 Å². The van der Waals surface area contributed by atoms with Crippen molar-refractivity contribution < 1.29 is 14.4 Å². The largest absolute Gasteiger partial charge is 0.440 e. The average Bonchev–Trinajstić information content (AvgIpc) is 2.83. The number of oxime groups is 1. The first-order valence-corrected chi connectivity index (χ1v) is 6.05. The minimum absolute atomic E-state index is 0.0423. The van der Waals surface area contributed by atoms with Gasteiger partial charge in [-0.15, -0.1) is 0 Å². The van der Waals surface area contributed by atoms with Crippen molar-refractivity contribution in [3.05, 3.63) is 23.1 Å². The molecule has 3 N–H and O–H groups in total. The molecule has 0 radical (unpaired) electrons. The van der Waals surface area contributed by atoms with Crippen LogP contribution in [0.2, 0.25) is 5.22 Å². The zero-order valence-corrected chi connectivity index (χ0v) is 10.4. The van der Waals surface area contributed by atoms with Crippen LogP contribution in [0.3, 0.4) is 0 Å². The second-order valence-corrected chi connectivity index (χ2v) is 4.51. The van der Waals surface area contributed by atoms with E-state index >= 15 is 0 Å². The molecule has 0 aromatic carbocycles. The molecule has 1 aliphatic rings. The van der Waals surface area contributed by atoms with Crippen LogP contribution in [0.5, 0.6) is 0 Å². The van der Waals surface area contributed by atoms with E-state index in [0.717, 1.165) is 12.8 Å². The SMILES string of the molecule is N/C(=N/O)C1CCCCN1C(=O)c1ccc(Cl)o1. The van der Waals surface area contributed by atoms with E-state index in [2.05, 4.69) is 5.16 Å². The number of furan rings is 1. The summed E-state index contributed by atoms with van der Waals surface area (Å²) in [7, 11) is 0. The van der Waals surface area contributed by atoms with E-state index in [9.17, 15) is 4.79 Å². The molecule has 0 bridgehead atoms. The van der Waals surface area contributed by atoms with E-state index in [0.29, 0.717) is 13.0 Å². The van der Waals surface area contributed by atoms with Gasteiger partial charge >= 0.3 is 0 Å². The van der Waals surface area contributed by atoms with Gasteiger partial charge in [0, 0.05) is 6.54 Å². The fourth-order valence-corrected chi connectivity index (χ4v) is 2.27. The molecule has 7 heteroatoms. The van der Waals surface area contributed by atoms with Crippen molar-refractivity contribution in [2.75, 3.05) is 6.54 Å². The van der Waals surface area contributed by atoms with Crippen LogP contribution in [0.4, 0.5) is 0 Å². The summed E-state index contributed by atoms with van der Waals surface area (Å²) in [6.45, 7) is 0.554. The standard InChI is InChI=1S/C11H14ClN3O3/c12-9-5-4-8(18-9)11(16)15-6-2-1-3-7(15)10(13)14-17/h4-5,7,17H,1-3,6H2,(H2,13,14). The molecule has 0 aliphatic carbocycles. The van der Waals surface area contributed by atoms with Crippen LogP contribution in [0.25, 0.3) is 0 Å². The highest BCUT2D eigenvalue weighted by atomic mass is 35.5. The van der Waals surface area contributed by atoms with Crippen molar-refractivity contribution in [2.24, 2.45) is 10.9 Å². The van der Waals surface area contributed by atoms with Gasteiger partial charge in [-0.3, -0.25) is 4.79 Å². The summed E-state index contributed by atoms with van der Waals surface area (Å²) in [5, 5.41) is 11.9. The van der Waals surface area contributed by atoms with Gasteiger partial charge in [0.2, 0.25) is 0 Å². The molecule has 18 heavy (non-hydrogen) atoms. The van der Waals surface area contributed by atoms with Gasteiger partial charge < -0.3 is 20.3 Å². The molecular weight excluding hydrogens is 258 g/mol. The second kappa shape index (κ2) is 5.30. The highest BCUT2D eigenvalue weighted by Gasteiger charge is 2.31. The maximum Gasteiger partial charge on any atom is 0.290 e. The van der Waals surface area contributed by atoms with Gasteiger partial charge in [0.15, 0.2) is 16.8 Å². The Bertz CT molecular complexity index is 472. The molecule has 0 spiro atoms. The van der Waals surface area contributed by atoms with Crippen molar-refractivity contribution in [3.63, 3.8) is 0 Å². The molecule has 6 nitrogen and oxygen atoms in total. The molecule has 2 heterocycles. The molecule has 1 unspecified atom stereocenters. The molecule has 0 saturated carbocycles. The number of hydrogen-bond donors (Lipinski definition) is 2. The second-order valence-electron chi connectivity index (χ2n) is 4.14. The van der Waals surface area contributed by atoms with E-state index in [4.69, 9.17) is 27.0 Å². The summed E-state index contributed by atoms with van der Waals surface area (Å²) in [6, 6.07) is 2.64. The van der Waals surface area contributed by atoms with Crippen LogP contribution >= 0.6 is 11.6 Å². The summed E-state index contributed by atoms with van der Waals surface area (Å²) in [4.78, 5) is 13.8. The van der Waals surface area contributed by atoms with Gasteiger partial charge in [-0.1, -0.05) is 5.16 Å². The highest BCUT2D eigenvalue weighted by Crippen LogP contribution is 2.22. The van der Waals surface area contributed by atoms with Crippen molar-refractivity contribution in [1.82, 2.24) is 4.90 Å². The molecule has 1 aromatic heterocycles. The predicted molar refractivity (Wildman–Crippen MR) is 65.8 cm³/mol. The van der Waals surface area contributed by atoms with Gasteiger partial charge in [0.05, 0.1) is 6.04 Å². The van der Waals surface area contributed by atoms with Gasteiger partial charge in [0.1, 0.15) is 0 Å². The Morgan fingerprint density at radius 3 is 2.94 bits per heavy atom. The zero-order valence-electron chi connectivity index (χ0n) is 9.67. The molecule has 1 saturated heterocycles. The lowest BCUT2D eigenvalue weighted by Crippen LogP contribution is -2.50. The van der Waals surface area contributed by atoms with E-state index in [1.54, 1.807) is 4.90 Å². The molecule has 1 atom stereocenters. The first-order chi connectivity index (χ1) is 8.63. The number of likely N-dealkylation sites (tertiary alicyclic amines) is 1. The molecule has 1 amide bonds. The van der Waals surface area contributed by atoms with E-state index in [1.165, 1.54) is 12.1 Å². The molecule has 1 aromatic rings. The van der Waals surface area contributed by atoms with Crippen molar-refractivity contribution in [1.29, 1.82) is 0 Å². The Morgan fingerprint density at radius 1 is 1.56 bits per heavy atom. The summed E-state index contributed by atoms with van der Waals surface area (Å²) in [5.41, 5.74) is 5.61. The van der Waals surface area contributed by atoms with E-state index in [-0.39, 0.29) is 28.8 Å². The first kappa shape index (κ1) is 12.8. The minimum Gasteiger partial charge on any atom is -0.440 e. The number of piperidine rings is 1. The first-order valence-electron chi connectivity index (χ1n) is 5.67. The lowest BCUT2D eigenvalue weighted by molar-refractivity contribution is 0.0644. The summed E-state index contributed by atoms with van der Waals surface area (Å²) in [6.07, 6.45) is 2.50. The van der Waals surface area contributed by atoms with E-state index < -0.39 is 0 Å². The quantitative estimate of drug-likeness (QED) is 0.370. The number of hydrogen-bond acceptors (Lipinski definition) is 4. The predicted octanol–water partition coefficient (Wildman–Crippen LogP) is 1.67. The van der Waals surface area contributed by atoms with Gasteiger partial charge in [-0.2, -0.15) is 0 Å². The molecule has 2 rings (SSSR count). The van der Waals surface area contributed by atoms with Crippen molar-refractivity contribution in [3.8, 4) is 0 Å². The van der Waals surface area contributed by atoms with Gasteiger partial charge in [-0.25, -0.2) is 0 Å². The third kappa shape index (κ3) is 2.43. The number of halogens is 1. The van der Waals surface area contributed by atoms with Crippen LogP contribution in [-0.4, -0.2) is 34.4 Å². The Balaban J connectivity index is 2.21. The summed E-state index contributed by atoms with van der Waals surface area (Å²) < 4.78 is 5.09. The number of amidine groups is 1. The van der Waals surface area contributed by atoms with Crippen molar-refractivity contribution >= 4 is 23.3 Å². The molecule has 98 valence electrons. The average molecular weight is 272 g/mol. The number of nitrogens with two attached hydrogens (primary N) is 1. The Labute approximate surface area is 109 Å². The summed E-state index contributed by atoms with van der Waals surface area (Å²) in [5.74, 6) is -0.0865. The Hall–Kier alpha value is -1.69. The minimum atomic E-state index is -0.389. The maximum absolute atomic E-state index is 12.2. The third-order valence-electron chi connectivity index (χ3n) is 3.00. The summed E-state index contributed by atoms with van der Waals surface area (Å²) >= 11 is 5.64. The number of carbonyl (C=O) groups is 1. The lowest BCUT2D eigenvalue weighted by Gasteiger charge is -2.34. The number of rotatable bonds is 2. The Morgan fingerprint density at radius 2 is 2.33 bits per heavy atom. The Kier molecular flexibility index (Phi) is 3.76. The normalized spacial score (nSPS) is 21.1. The van der Waals surface area contributed by atoms with Crippen LogP contribution in [0, 0.1) is 0 Å². The number of carbonyl (C=O) groups excluding carboxylic acids is 1. The van der Waals surface area contributed by atoms with Crippen LogP contribution in [0.15, 0.2) is 21.7 Å². The van der Waals surface area contributed by atoms with Crippen LogP contribution < -0.4 is 5.73 Å². The number of amides is 1. The van der Waals surface area contributed by atoms with Gasteiger partial charge in [-0.05, 0) is 43.0 Å². The van der Waals surface area contributed by atoms with Crippen molar-refractivity contribution in [2.45, 2.75) is 25.3 Å². The highest BCUT2D eigenvalue weighted by molar-refractivity contribution is 6.29. The molecular formula is C11H14ClN3O3. The van der Waals surface area contributed by atoms with Crippen LogP contribution in [-0.2, 0) is 0 Å². The zero-order chi connectivity index (χ0) is 13.1. The fourth-order valence-electron chi connectivity index (χ4n) is 2.12. The number of nitrogens with zero attached hydrogens (tertiary/aromatic N) is 2. The smallest absolute Gasteiger partial charge is 0.290 e. The monoisotopic (exact) mass is 271 g/mol. The van der Waals surface area contributed by atoms with Gasteiger partial charge in [0.25, 0.3) is 5.91 Å². The maximum atomic E-state index is 12.2. The fraction of sp³-hybridized carbons (Fsp3) is 0.455. The van der Waals surface area contributed by atoms with E-state index in [1.807, 2.05) is 0 Å². The molecule has 1 aliphatic heterocycles. The molecule has 1 fully saturated rings. The lowest BCUT2D eigenvalue weighted by atomic mass is 10.0. The van der Waals surface area contributed by atoms with Crippen LogP contribution in [0.1, 0.15) is 29.8 Å².